The van der Waals surface area contributed by atoms with Gasteiger partial charge >= 0.3 is 0 Å². The monoisotopic (exact) mass is 471 g/mol. The summed E-state index contributed by atoms with van der Waals surface area (Å²) < 4.78 is 21.6. The molecule has 1 saturated heterocycles. The minimum absolute atomic E-state index is 0.0558. The predicted molar refractivity (Wildman–Crippen MR) is 124 cm³/mol. The molecule has 2 aromatic rings. The number of rotatable bonds is 11. The van der Waals surface area contributed by atoms with E-state index in [1.807, 2.05) is 6.92 Å². The van der Waals surface area contributed by atoms with Gasteiger partial charge in [-0.15, -0.1) is 0 Å². The van der Waals surface area contributed by atoms with Crippen LogP contribution in [0.2, 0.25) is 0 Å². The zero-order valence-electron chi connectivity index (χ0n) is 19.4. The Bertz CT molecular complexity index is 1050. The first-order valence-corrected chi connectivity index (χ1v) is 10.9. The number of aliphatic hydroxyl groups is 2. The molecule has 182 valence electrons. The van der Waals surface area contributed by atoms with Crippen molar-refractivity contribution in [1.29, 1.82) is 0 Å². The van der Waals surface area contributed by atoms with Gasteiger partial charge in [-0.2, -0.15) is 0 Å². The van der Waals surface area contributed by atoms with Crippen molar-refractivity contribution < 1.29 is 38.7 Å². The topological polar surface area (TPSA) is 115 Å². The number of Topliss-reactive ketones (excluding diaryl/α,β-unsaturated/α-hetero) is 1. The van der Waals surface area contributed by atoms with Crippen molar-refractivity contribution >= 4 is 17.4 Å². The quantitative estimate of drug-likeness (QED) is 0.222. The van der Waals surface area contributed by atoms with Crippen LogP contribution in [0.5, 0.6) is 17.2 Å². The largest absolute Gasteiger partial charge is 0.507 e. The van der Waals surface area contributed by atoms with Crippen LogP contribution in [0.4, 0.5) is 0 Å². The molecular formula is C25H29NO8. The van der Waals surface area contributed by atoms with Crippen LogP contribution in [0.15, 0.2) is 48.0 Å². The van der Waals surface area contributed by atoms with Gasteiger partial charge in [0.1, 0.15) is 23.0 Å². The Hall–Kier alpha value is -3.56. The lowest BCUT2D eigenvalue weighted by molar-refractivity contribution is -0.140. The van der Waals surface area contributed by atoms with E-state index < -0.39 is 17.7 Å². The van der Waals surface area contributed by atoms with Gasteiger partial charge < -0.3 is 34.1 Å². The molecule has 9 nitrogen and oxygen atoms in total. The molecule has 1 atom stereocenters. The minimum atomic E-state index is -0.912. The summed E-state index contributed by atoms with van der Waals surface area (Å²) in [6.45, 7) is 2.48. The third-order valence-corrected chi connectivity index (χ3v) is 5.43. The Morgan fingerprint density at radius 3 is 2.32 bits per heavy atom. The van der Waals surface area contributed by atoms with E-state index in [4.69, 9.17) is 24.1 Å². The summed E-state index contributed by atoms with van der Waals surface area (Å²) in [4.78, 5) is 27.5. The fraction of sp³-hybridized carbons (Fsp3) is 0.360. The second kappa shape index (κ2) is 11.5. The molecule has 2 N–H and O–H groups in total. The highest BCUT2D eigenvalue weighted by molar-refractivity contribution is 6.46. The number of ether oxygens (including phenoxy) is 4. The van der Waals surface area contributed by atoms with Gasteiger partial charge in [-0.25, -0.2) is 0 Å². The number of carbonyl (C=O) groups is 2. The number of hydrogen-bond donors (Lipinski definition) is 2. The van der Waals surface area contributed by atoms with Crippen molar-refractivity contribution in [3.05, 3.63) is 59.2 Å². The van der Waals surface area contributed by atoms with Crippen LogP contribution in [-0.2, 0) is 14.3 Å². The van der Waals surface area contributed by atoms with E-state index in [-0.39, 0.29) is 37.7 Å². The number of benzene rings is 2. The Morgan fingerprint density at radius 2 is 1.71 bits per heavy atom. The zero-order valence-corrected chi connectivity index (χ0v) is 19.4. The summed E-state index contributed by atoms with van der Waals surface area (Å²) >= 11 is 0. The summed E-state index contributed by atoms with van der Waals surface area (Å²) in [5.74, 6) is -0.322. The fourth-order valence-corrected chi connectivity index (χ4v) is 3.84. The van der Waals surface area contributed by atoms with E-state index >= 15 is 0 Å². The van der Waals surface area contributed by atoms with E-state index in [1.165, 1.54) is 19.1 Å². The van der Waals surface area contributed by atoms with Crippen LogP contribution in [0, 0.1) is 0 Å². The van der Waals surface area contributed by atoms with Crippen molar-refractivity contribution in [2.45, 2.75) is 13.0 Å². The van der Waals surface area contributed by atoms with Gasteiger partial charge in [0, 0.05) is 23.7 Å². The third kappa shape index (κ3) is 5.16. The van der Waals surface area contributed by atoms with Crippen LogP contribution in [0.1, 0.15) is 24.1 Å². The zero-order chi connectivity index (χ0) is 24.7. The van der Waals surface area contributed by atoms with Gasteiger partial charge in [-0.3, -0.25) is 9.59 Å². The molecule has 1 aliphatic heterocycles. The van der Waals surface area contributed by atoms with Crippen molar-refractivity contribution in [2.24, 2.45) is 0 Å². The lowest BCUT2D eigenvalue weighted by atomic mass is 9.94. The molecular weight excluding hydrogens is 442 g/mol. The molecule has 3 rings (SSSR count). The second-order valence-corrected chi connectivity index (χ2v) is 7.39. The molecule has 0 radical (unpaired) electrons. The number of carbonyl (C=O) groups excluding carboxylic acids is 2. The summed E-state index contributed by atoms with van der Waals surface area (Å²) in [5, 5.41) is 20.1. The summed E-state index contributed by atoms with van der Waals surface area (Å²) in [6, 6.07) is 10.7. The maximum Gasteiger partial charge on any atom is 0.295 e. The summed E-state index contributed by atoms with van der Waals surface area (Å²) in [6.07, 6.45) is 0. The van der Waals surface area contributed by atoms with Crippen LogP contribution >= 0.6 is 0 Å². The molecule has 1 aliphatic rings. The highest BCUT2D eigenvalue weighted by Crippen LogP contribution is 2.43. The molecule has 1 amide bonds. The first-order valence-electron chi connectivity index (χ1n) is 10.9. The average molecular weight is 472 g/mol. The predicted octanol–water partition coefficient (Wildman–Crippen LogP) is 2.53. The lowest BCUT2D eigenvalue weighted by Crippen LogP contribution is -2.33. The Morgan fingerprint density at radius 1 is 1.00 bits per heavy atom. The Kier molecular flexibility index (Phi) is 8.50. The van der Waals surface area contributed by atoms with E-state index in [1.54, 1.807) is 42.5 Å². The molecule has 2 aromatic carbocycles. The standard InChI is InChI=1S/C25H29NO8/c1-4-34-17-7-5-16(6-8-17)23(28)21-22(19-10-9-18(31-2)15-20(19)32-3)26(25(30)24(21)29)11-13-33-14-12-27/h5-10,15,22,27-28H,4,11-14H2,1-3H3/b23-21-. The second-order valence-electron chi connectivity index (χ2n) is 7.39. The van der Waals surface area contributed by atoms with Crippen LogP contribution in [-0.4, -0.2) is 74.0 Å². The number of methoxy groups -OCH3 is 2. The van der Waals surface area contributed by atoms with Crippen molar-refractivity contribution in [1.82, 2.24) is 4.90 Å². The van der Waals surface area contributed by atoms with Gasteiger partial charge in [0.2, 0.25) is 0 Å². The normalized spacial score (nSPS) is 17.2. The molecule has 1 unspecified atom stereocenters. The lowest BCUT2D eigenvalue weighted by Gasteiger charge is -2.26. The molecule has 9 heteroatoms. The maximum atomic E-state index is 13.1. The number of amides is 1. The maximum absolute atomic E-state index is 13.1. The first kappa shape index (κ1) is 25.1. The van der Waals surface area contributed by atoms with E-state index in [9.17, 15) is 14.7 Å². The molecule has 0 saturated carbocycles. The van der Waals surface area contributed by atoms with Crippen LogP contribution in [0.25, 0.3) is 5.76 Å². The van der Waals surface area contributed by atoms with E-state index in [0.29, 0.717) is 35.0 Å². The fourth-order valence-electron chi connectivity index (χ4n) is 3.84. The van der Waals surface area contributed by atoms with Gasteiger partial charge in [-0.05, 0) is 43.3 Å². The molecule has 0 bridgehead atoms. The van der Waals surface area contributed by atoms with Crippen molar-refractivity contribution in [2.75, 3.05) is 47.2 Å². The van der Waals surface area contributed by atoms with Gasteiger partial charge in [0.05, 0.1) is 52.3 Å². The average Bonchev–Trinajstić information content (AvgIpc) is 3.11. The summed E-state index contributed by atoms with van der Waals surface area (Å²) in [7, 11) is 2.99. The van der Waals surface area contributed by atoms with Gasteiger partial charge in [0.15, 0.2) is 0 Å². The molecule has 34 heavy (non-hydrogen) atoms. The van der Waals surface area contributed by atoms with Crippen molar-refractivity contribution in [3.8, 4) is 17.2 Å². The van der Waals surface area contributed by atoms with Crippen molar-refractivity contribution in [3.63, 3.8) is 0 Å². The molecule has 0 aliphatic carbocycles. The molecule has 1 heterocycles. The third-order valence-electron chi connectivity index (χ3n) is 5.43. The number of aliphatic hydroxyl groups excluding tert-OH is 2. The number of nitrogens with zero attached hydrogens (tertiary/aromatic N) is 1. The van der Waals surface area contributed by atoms with E-state index in [0.717, 1.165) is 0 Å². The minimum Gasteiger partial charge on any atom is -0.507 e. The number of likely N-dealkylation sites (tertiary alicyclic amines) is 1. The highest BCUT2D eigenvalue weighted by Gasteiger charge is 2.47. The van der Waals surface area contributed by atoms with Gasteiger partial charge in [-0.1, -0.05) is 0 Å². The number of ketones is 1. The Labute approximate surface area is 198 Å². The summed E-state index contributed by atoms with van der Waals surface area (Å²) in [5.41, 5.74) is 0.826. The highest BCUT2D eigenvalue weighted by atomic mass is 16.5. The van der Waals surface area contributed by atoms with Gasteiger partial charge in [0.25, 0.3) is 11.7 Å². The Balaban J connectivity index is 2.11. The van der Waals surface area contributed by atoms with Crippen LogP contribution < -0.4 is 14.2 Å². The van der Waals surface area contributed by atoms with Crippen LogP contribution in [0.3, 0.4) is 0 Å². The number of hydrogen-bond acceptors (Lipinski definition) is 8. The first-order chi connectivity index (χ1) is 16.5. The van der Waals surface area contributed by atoms with E-state index in [2.05, 4.69) is 0 Å². The molecule has 1 fully saturated rings. The molecule has 0 spiro atoms. The smallest absolute Gasteiger partial charge is 0.295 e. The molecule has 0 aromatic heterocycles. The SMILES string of the molecule is CCOc1ccc(/C(O)=C2/C(=O)C(=O)N(CCOCCO)C2c2ccc(OC)cc2OC)cc1.